The first-order valence-electron chi connectivity index (χ1n) is 4.44. The van der Waals surface area contributed by atoms with Gasteiger partial charge in [0.05, 0.1) is 6.54 Å². The van der Waals surface area contributed by atoms with Gasteiger partial charge in [-0.15, -0.1) is 11.3 Å². The predicted octanol–water partition coefficient (Wildman–Crippen LogP) is 1.24. The van der Waals surface area contributed by atoms with Gasteiger partial charge in [-0.25, -0.2) is 19.7 Å². The van der Waals surface area contributed by atoms with Crippen molar-refractivity contribution in [2.24, 2.45) is 0 Å². The van der Waals surface area contributed by atoms with E-state index in [9.17, 15) is 4.79 Å². The molecule has 16 heavy (non-hydrogen) atoms. The van der Waals surface area contributed by atoms with E-state index >= 15 is 0 Å². The molecule has 0 bridgehead atoms. The van der Waals surface area contributed by atoms with Gasteiger partial charge in [0.2, 0.25) is 5.95 Å². The molecule has 0 aliphatic heterocycles. The maximum Gasteiger partial charge on any atom is 0.355 e. The third-order valence-corrected chi connectivity index (χ3v) is 2.58. The predicted molar refractivity (Wildman–Crippen MR) is 58.4 cm³/mol. The number of hydrogen-bond donors (Lipinski definition) is 2. The molecule has 0 aliphatic rings. The topological polar surface area (TPSA) is 88.0 Å². The van der Waals surface area contributed by atoms with Gasteiger partial charge < -0.3 is 10.4 Å². The number of carboxylic acids is 1. The van der Waals surface area contributed by atoms with Crippen molar-refractivity contribution < 1.29 is 9.90 Å². The van der Waals surface area contributed by atoms with Crippen LogP contribution < -0.4 is 5.32 Å². The van der Waals surface area contributed by atoms with E-state index in [0.717, 1.165) is 0 Å². The number of nitrogens with zero attached hydrogens (tertiary/aromatic N) is 3. The summed E-state index contributed by atoms with van der Waals surface area (Å²) in [5.41, 5.74) is 0.0655. The normalized spacial score (nSPS) is 10.0. The van der Waals surface area contributed by atoms with Gasteiger partial charge in [0.25, 0.3) is 0 Å². The Balaban J connectivity index is 1.97. The van der Waals surface area contributed by atoms with Gasteiger partial charge in [-0.2, -0.15) is 0 Å². The van der Waals surface area contributed by atoms with Gasteiger partial charge in [0, 0.05) is 17.8 Å². The number of aromatic carboxylic acids is 1. The Morgan fingerprint density at radius 3 is 2.81 bits per heavy atom. The molecule has 0 amide bonds. The first kappa shape index (κ1) is 10.5. The van der Waals surface area contributed by atoms with E-state index in [0.29, 0.717) is 17.5 Å². The summed E-state index contributed by atoms with van der Waals surface area (Å²) < 4.78 is 0. The lowest BCUT2D eigenvalue weighted by Crippen LogP contribution is -2.03. The molecular weight excluding hydrogens is 228 g/mol. The van der Waals surface area contributed by atoms with Crippen LogP contribution in [0.4, 0.5) is 5.95 Å². The largest absolute Gasteiger partial charge is 0.476 e. The SMILES string of the molecule is O=C(O)c1csc(CNc2ncccn2)n1. The molecule has 0 atom stereocenters. The lowest BCUT2D eigenvalue weighted by Gasteiger charge is -1.99. The zero-order valence-electron chi connectivity index (χ0n) is 8.12. The second-order valence-electron chi connectivity index (χ2n) is 2.86. The third-order valence-electron chi connectivity index (χ3n) is 1.73. The summed E-state index contributed by atoms with van der Waals surface area (Å²) in [6.07, 6.45) is 3.25. The number of hydrogen-bond acceptors (Lipinski definition) is 6. The Kier molecular flexibility index (Phi) is 3.06. The van der Waals surface area contributed by atoms with Crippen molar-refractivity contribution in [3.05, 3.63) is 34.5 Å². The maximum absolute atomic E-state index is 10.6. The van der Waals surface area contributed by atoms with Crippen LogP contribution in [0.3, 0.4) is 0 Å². The van der Waals surface area contributed by atoms with Gasteiger partial charge in [-0.1, -0.05) is 0 Å². The van der Waals surface area contributed by atoms with Crippen LogP contribution in [0.25, 0.3) is 0 Å². The number of nitrogens with one attached hydrogen (secondary N) is 1. The van der Waals surface area contributed by atoms with Crippen molar-refractivity contribution in [1.29, 1.82) is 0 Å². The zero-order valence-corrected chi connectivity index (χ0v) is 8.94. The van der Waals surface area contributed by atoms with Gasteiger partial charge in [0.1, 0.15) is 5.01 Å². The fourth-order valence-corrected chi connectivity index (χ4v) is 1.74. The Morgan fingerprint density at radius 1 is 1.44 bits per heavy atom. The summed E-state index contributed by atoms with van der Waals surface area (Å²) in [4.78, 5) is 22.5. The molecule has 0 unspecified atom stereocenters. The molecule has 6 nitrogen and oxygen atoms in total. The van der Waals surface area contributed by atoms with Crippen LogP contribution in [0.1, 0.15) is 15.5 Å². The number of aromatic nitrogens is 3. The van der Waals surface area contributed by atoms with Crippen LogP contribution in [0.15, 0.2) is 23.8 Å². The second-order valence-corrected chi connectivity index (χ2v) is 3.80. The van der Waals surface area contributed by atoms with E-state index < -0.39 is 5.97 Å². The van der Waals surface area contributed by atoms with Gasteiger partial charge in [-0.05, 0) is 6.07 Å². The standard InChI is InChI=1S/C9H8N4O2S/c14-8(15)6-5-16-7(13-6)4-12-9-10-2-1-3-11-9/h1-3,5H,4H2,(H,14,15)(H,10,11,12). The van der Waals surface area contributed by atoms with Gasteiger partial charge >= 0.3 is 5.97 Å². The van der Waals surface area contributed by atoms with E-state index in [1.807, 2.05) is 0 Å². The zero-order chi connectivity index (χ0) is 11.4. The number of carbonyl (C=O) groups is 1. The van der Waals surface area contributed by atoms with Crippen LogP contribution in [0.2, 0.25) is 0 Å². The molecule has 0 spiro atoms. The van der Waals surface area contributed by atoms with Crippen molar-refractivity contribution in [2.75, 3.05) is 5.32 Å². The molecule has 2 aromatic rings. The first-order valence-corrected chi connectivity index (χ1v) is 5.32. The highest BCUT2D eigenvalue weighted by molar-refractivity contribution is 7.09. The molecule has 0 radical (unpaired) electrons. The highest BCUT2D eigenvalue weighted by Gasteiger charge is 2.08. The van der Waals surface area contributed by atoms with Crippen molar-refractivity contribution in [3.8, 4) is 0 Å². The van der Waals surface area contributed by atoms with Gasteiger partial charge in [0.15, 0.2) is 5.69 Å². The Labute approximate surface area is 95.0 Å². The van der Waals surface area contributed by atoms with E-state index in [-0.39, 0.29) is 5.69 Å². The van der Waals surface area contributed by atoms with Crippen molar-refractivity contribution in [1.82, 2.24) is 15.0 Å². The van der Waals surface area contributed by atoms with Crippen LogP contribution in [-0.2, 0) is 6.54 Å². The average Bonchev–Trinajstić information content (AvgIpc) is 2.76. The maximum atomic E-state index is 10.6. The summed E-state index contributed by atoms with van der Waals surface area (Å²) in [5.74, 6) is -0.520. The summed E-state index contributed by atoms with van der Waals surface area (Å²) in [7, 11) is 0. The molecular formula is C9H8N4O2S. The molecule has 0 aromatic carbocycles. The summed E-state index contributed by atoms with van der Waals surface area (Å²) in [6.45, 7) is 0.419. The number of carboxylic acid groups (broad SMARTS) is 1. The molecule has 2 N–H and O–H groups in total. The fraction of sp³-hybridized carbons (Fsp3) is 0.111. The highest BCUT2D eigenvalue weighted by atomic mass is 32.1. The Bertz CT molecular complexity index is 485. The van der Waals surface area contributed by atoms with Crippen LogP contribution in [0, 0.1) is 0 Å². The van der Waals surface area contributed by atoms with Crippen molar-refractivity contribution in [3.63, 3.8) is 0 Å². The molecule has 0 saturated carbocycles. The molecule has 2 rings (SSSR count). The van der Waals surface area contributed by atoms with Crippen LogP contribution in [-0.4, -0.2) is 26.0 Å². The number of thiazole rings is 1. The lowest BCUT2D eigenvalue weighted by atomic mass is 10.5. The smallest absolute Gasteiger partial charge is 0.355 e. The number of rotatable bonds is 4. The van der Waals surface area contributed by atoms with E-state index in [4.69, 9.17) is 5.11 Å². The van der Waals surface area contributed by atoms with E-state index in [1.54, 1.807) is 18.5 Å². The third kappa shape index (κ3) is 2.51. The minimum atomic E-state index is -1.02. The monoisotopic (exact) mass is 236 g/mol. The molecule has 0 aliphatic carbocycles. The van der Waals surface area contributed by atoms with E-state index in [2.05, 4.69) is 20.3 Å². The molecule has 2 heterocycles. The van der Waals surface area contributed by atoms with Crippen LogP contribution >= 0.6 is 11.3 Å². The minimum absolute atomic E-state index is 0.0655. The number of anilines is 1. The lowest BCUT2D eigenvalue weighted by molar-refractivity contribution is 0.0691. The second kappa shape index (κ2) is 4.67. The summed E-state index contributed by atoms with van der Waals surface area (Å²) >= 11 is 1.29. The Morgan fingerprint density at radius 2 is 2.19 bits per heavy atom. The van der Waals surface area contributed by atoms with Gasteiger partial charge in [-0.3, -0.25) is 0 Å². The average molecular weight is 236 g/mol. The Hall–Kier alpha value is -2.02. The molecule has 0 saturated heterocycles. The quantitative estimate of drug-likeness (QED) is 0.830. The molecule has 0 fully saturated rings. The molecule has 2 aromatic heterocycles. The van der Waals surface area contributed by atoms with Crippen LogP contribution in [0.5, 0.6) is 0 Å². The molecule has 7 heteroatoms. The fourth-order valence-electron chi connectivity index (χ4n) is 1.04. The molecule has 82 valence electrons. The summed E-state index contributed by atoms with van der Waals surface area (Å²) in [6, 6.07) is 1.72. The van der Waals surface area contributed by atoms with Crippen molar-refractivity contribution in [2.45, 2.75) is 6.54 Å². The minimum Gasteiger partial charge on any atom is -0.476 e. The highest BCUT2D eigenvalue weighted by Crippen LogP contribution is 2.10. The summed E-state index contributed by atoms with van der Waals surface area (Å²) in [5, 5.41) is 13.8. The first-order chi connectivity index (χ1) is 7.75. The van der Waals surface area contributed by atoms with Crippen molar-refractivity contribution >= 4 is 23.3 Å². The van der Waals surface area contributed by atoms with E-state index in [1.165, 1.54) is 16.7 Å².